The molecule has 1 atom stereocenters. The Bertz CT molecular complexity index is 426. The zero-order valence-corrected chi connectivity index (χ0v) is 13.9. The molecule has 18 heavy (non-hydrogen) atoms. The Hall–Kier alpha value is -0.490. The van der Waals surface area contributed by atoms with Gasteiger partial charge in [-0.2, -0.15) is 0 Å². The predicted octanol–water partition coefficient (Wildman–Crippen LogP) is 5.94. The Morgan fingerprint density at radius 1 is 0.833 bits per heavy atom. The Balaban J connectivity index is 3.52. The molecule has 1 aromatic rings. The summed E-state index contributed by atoms with van der Waals surface area (Å²) in [4.78, 5) is 0. The van der Waals surface area contributed by atoms with Gasteiger partial charge in [0.15, 0.2) is 0 Å². The maximum atomic E-state index is 6.80. The highest BCUT2D eigenvalue weighted by atomic mass is 35.5. The van der Waals surface area contributed by atoms with Gasteiger partial charge >= 0.3 is 0 Å². The van der Waals surface area contributed by atoms with Crippen molar-refractivity contribution in [2.45, 2.75) is 67.2 Å². The highest BCUT2D eigenvalue weighted by Gasteiger charge is 2.30. The normalized spacial score (nSPS) is 13.8. The molecule has 0 saturated carbocycles. The van der Waals surface area contributed by atoms with E-state index in [0.717, 1.165) is 6.42 Å². The third-order valence-electron chi connectivity index (χ3n) is 4.91. The topological polar surface area (TPSA) is 0 Å². The van der Waals surface area contributed by atoms with Gasteiger partial charge in [0.25, 0.3) is 0 Å². The van der Waals surface area contributed by atoms with Crippen molar-refractivity contribution in [2.75, 3.05) is 0 Å². The molecule has 0 aliphatic carbocycles. The number of benzene rings is 1. The molecule has 1 aromatic carbocycles. The molecule has 0 saturated heterocycles. The lowest BCUT2D eigenvalue weighted by molar-refractivity contribution is 0.334. The second-order valence-electron chi connectivity index (χ2n) is 6.24. The lowest BCUT2D eigenvalue weighted by Gasteiger charge is -2.33. The smallest absolute Gasteiger partial charge is 0.0641 e. The fourth-order valence-corrected chi connectivity index (χ4v) is 2.96. The fraction of sp³-hybridized carbons (Fsp3) is 0.647. The molecule has 0 nitrogen and oxygen atoms in total. The summed E-state index contributed by atoms with van der Waals surface area (Å²) in [6.45, 7) is 17.8. The number of hydrogen-bond acceptors (Lipinski definition) is 0. The van der Waals surface area contributed by atoms with Crippen LogP contribution >= 0.6 is 11.6 Å². The highest BCUT2D eigenvalue weighted by Crippen LogP contribution is 2.45. The number of halogens is 1. The Labute approximate surface area is 118 Å². The molecule has 0 aliphatic heterocycles. The quantitative estimate of drug-likeness (QED) is 0.594. The third-order valence-corrected chi connectivity index (χ3v) is 5.72. The molecule has 0 amide bonds. The summed E-state index contributed by atoms with van der Waals surface area (Å²) in [7, 11) is 0. The van der Waals surface area contributed by atoms with Crippen LogP contribution in [0.4, 0.5) is 0 Å². The van der Waals surface area contributed by atoms with Crippen molar-refractivity contribution >= 4 is 11.6 Å². The monoisotopic (exact) mass is 266 g/mol. The van der Waals surface area contributed by atoms with Gasteiger partial charge in [-0.05, 0) is 79.8 Å². The summed E-state index contributed by atoms with van der Waals surface area (Å²) in [6.07, 6.45) is 1.09. The lowest BCUT2D eigenvalue weighted by atomic mass is 9.77. The second-order valence-corrected chi connectivity index (χ2v) is 6.68. The van der Waals surface area contributed by atoms with Crippen LogP contribution in [0.15, 0.2) is 0 Å². The van der Waals surface area contributed by atoms with E-state index in [0.29, 0.717) is 0 Å². The van der Waals surface area contributed by atoms with E-state index in [-0.39, 0.29) is 10.8 Å². The first kappa shape index (κ1) is 15.6. The van der Waals surface area contributed by atoms with Crippen LogP contribution in [-0.2, 0) is 0 Å². The molecule has 0 aliphatic rings. The minimum Gasteiger partial charge on any atom is -0.117 e. The molecule has 0 fully saturated rings. The maximum absolute atomic E-state index is 6.80. The summed E-state index contributed by atoms with van der Waals surface area (Å²) in [5.74, 6) is 0. The van der Waals surface area contributed by atoms with E-state index in [1.165, 1.54) is 33.4 Å². The third kappa shape index (κ3) is 2.45. The minimum atomic E-state index is 0.0838. The van der Waals surface area contributed by atoms with Crippen molar-refractivity contribution in [3.8, 4) is 0 Å². The van der Waals surface area contributed by atoms with E-state index in [9.17, 15) is 0 Å². The van der Waals surface area contributed by atoms with Gasteiger partial charge in [-0.25, -0.2) is 0 Å². The van der Waals surface area contributed by atoms with Gasteiger partial charge < -0.3 is 0 Å². The molecule has 1 unspecified atom stereocenters. The Morgan fingerprint density at radius 2 is 1.17 bits per heavy atom. The second kappa shape index (κ2) is 5.25. The van der Waals surface area contributed by atoms with E-state index in [1.54, 1.807) is 0 Å². The highest BCUT2D eigenvalue weighted by molar-refractivity contribution is 6.21. The van der Waals surface area contributed by atoms with Gasteiger partial charge in [-0.1, -0.05) is 20.8 Å². The fourth-order valence-electron chi connectivity index (χ4n) is 2.48. The van der Waals surface area contributed by atoms with Gasteiger partial charge in [-0.15, -0.1) is 11.6 Å². The number of rotatable bonds is 3. The Kier molecular flexibility index (Phi) is 4.54. The van der Waals surface area contributed by atoms with Crippen LogP contribution in [0.2, 0.25) is 0 Å². The zero-order chi connectivity index (χ0) is 14.2. The van der Waals surface area contributed by atoms with Crippen LogP contribution in [0.5, 0.6) is 0 Å². The molecule has 0 N–H and O–H groups in total. The summed E-state index contributed by atoms with van der Waals surface area (Å²) in [6, 6.07) is 0. The summed E-state index contributed by atoms with van der Waals surface area (Å²) in [5.41, 5.74) is 8.42. The van der Waals surface area contributed by atoms with Gasteiger partial charge in [0.1, 0.15) is 0 Å². The van der Waals surface area contributed by atoms with Crippen molar-refractivity contribution in [2.24, 2.45) is 5.41 Å². The summed E-state index contributed by atoms with van der Waals surface area (Å²) in [5, 5.41) is 0.0838. The van der Waals surface area contributed by atoms with E-state index < -0.39 is 0 Å². The van der Waals surface area contributed by atoms with Gasteiger partial charge in [0, 0.05) is 0 Å². The van der Waals surface area contributed by atoms with E-state index in [1.807, 2.05) is 0 Å². The van der Waals surface area contributed by atoms with Crippen molar-refractivity contribution in [3.63, 3.8) is 0 Å². The first-order valence-electron chi connectivity index (χ1n) is 6.86. The largest absolute Gasteiger partial charge is 0.117 e. The summed E-state index contributed by atoms with van der Waals surface area (Å²) >= 11 is 6.80. The minimum absolute atomic E-state index is 0.0838. The number of alkyl halides is 1. The molecule has 0 spiro atoms. The zero-order valence-electron chi connectivity index (χ0n) is 13.2. The molecular formula is C17H27Cl. The molecule has 0 aromatic heterocycles. The maximum Gasteiger partial charge on any atom is 0.0641 e. The molecule has 1 rings (SSSR count). The molecule has 1 heteroatoms. The number of hydrogen-bond donors (Lipinski definition) is 0. The first-order chi connectivity index (χ1) is 8.15. The first-order valence-corrected chi connectivity index (χ1v) is 7.29. The van der Waals surface area contributed by atoms with Crippen LogP contribution in [0.3, 0.4) is 0 Å². The van der Waals surface area contributed by atoms with Gasteiger partial charge in [-0.3, -0.25) is 0 Å². The van der Waals surface area contributed by atoms with Crippen molar-refractivity contribution < 1.29 is 0 Å². The van der Waals surface area contributed by atoms with Crippen LogP contribution in [0, 0.1) is 40.0 Å². The average Bonchev–Trinajstić information content (AvgIpc) is 2.34. The van der Waals surface area contributed by atoms with E-state index in [2.05, 4.69) is 55.4 Å². The molecule has 102 valence electrons. The van der Waals surface area contributed by atoms with E-state index in [4.69, 9.17) is 11.6 Å². The van der Waals surface area contributed by atoms with Crippen LogP contribution in [0.1, 0.15) is 65.9 Å². The predicted molar refractivity (Wildman–Crippen MR) is 82.8 cm³/mol. The molecule has 0 heterocycles. The van der Waals surface area contributed by atoms with Crippen molar-refractivity contribution in [1.29, 1.82) is 0 Å². The standard InChI is InChI=1S/C17H27Cl/c1-9-17(7,8)16(18)15-13(5)11(3)10(2)12(4)14(15)6/h16H,9H2,1-8H3. The van der Waals surface area contributed by atoms with Crippen LogP contribution < -0.4 is 0 Å². The van der Waals surface area contributed by atoms with Crippen molar-refractivity contribution in [1.82, 2.24) is 0 Å². The van der Waals surface area contributed by atoms with Gasteiger partial charge in [0.05, 0.1) is 5.38 Å². The lowest BCUT2D eigenvalue weighted by Crippen LogP contribution is -2.20. The molecule has 0 radical (unpaired) electrons. The van der Waals surface area contributed by atoms with Crippen LogP contribution in [0.25, 0.3) is 0 Å². The van der Waals surface area contributed by atoms with Crippen molar-refractivity contribution in [3.05, 3.63) is 33.4 Å². The SMILES string of the molecule is CCC(C)(C)C(Cl)c1c(C)c(C)c(C)c(C)c1C. The average molecular weight is 267 g/mol. The van der Waals surface area contributed by atoms with E-state index >= 15 is 0 Å². The van der Waals surface area contributed by atoms with Gasteiger partial charge in [0.2, 0.25) is 0 Å². The Morgan fingerprint density at radius 3 is 1.50 bits per heavy atom. The molecule has 0 bridgehead atoms. The summed E-state index contributed by atoms with van der Waals surface area (Å²) < 4.78 is 0. The molecular weight excluding hydrogens is 240 g/mol. The van der Waals surface area contributed by atoms with Crippen LogP contribution in [-0.4, -0.2) is 0 Å².